The van der Waals surface area contributed by atoms with Crippen molar-refractivity contribution in [1.82, 2.24) is 25.2 Å². The van der Waals surface area contributed by atoms with Crippen LogP contribution in [0.4, 0.5) is 11.1 Å². The largest absolute Gasteiger partial charge is 0.363 e. The van der Waals surface area contributed by atoms with E-state index in [1.165, 1.54) is 0 Å². The maximum Gasteiger partial charge on any atom is 0.253 e. The predicted molar refractivity (Wildman–Crippen MR) is 149 cm³/mol. The summed E-state index contributed by atoms with van der Waals surface area (Å²) in [5, 5.41) is 10.8. The number of piperidine rings is 1. The number of carbonyl (C=O) groups excluding carboxylic acids is 2. The minimum Gasteiger partial charge on any atom is -0.363 e. The molecule has 2 amide bonds. The molecule has 10 nitrogen and oxygen atoms in total. The highest BCUT2D eigenvalue weighted by atomic mass is 32.2. The highest BCUT2D eigenvalue weighted by Gasteiger charge is 2.40. The lowest BCUT2D eigenvalue weighted by Crippen LogP contribution is -2.58. The summed E-state index contributed by atoms with van der Waals surface area (Å²) >= 11 is 3.22. The number of nitrogens with zero attached hydrogens (tertiary/aromatic N) is 4. The van der Waals surface area contributed by atoms with E-state index in [1.807, 2.05) is 41.7 Å². The number of thioether (sulfide) groups is 1. The maximum absolute atomic E-state index is 13.2. The number of anilines is 2. The van der Waals surface area contributed by atoms with Gasteiger partial charge in [0.1, 0.15) is 6.61 Å². The third-order valence-corrected chi connectivity index (χ3v) is 9.30. The van der Waals surface area contributed by atoms with Crippen molar-refractivity contribution in [3.8, 4) is 0 Å². The molecule has 3 N–H and O–H groups in total. The van der Waals surface area contributed by atoms with Crippen LogP contribution in [-0.4, -0.2) is 81.8 Å². The standard InChI is InChI=1S/C26H31N7O3S2/c1-37-19-12-27-24(28-13-19)30-17-3-4-18(11-17)31-25-32-20-5-2-16(10-21(20)38-25)23(35)33-8-6-26(7-9-33)15-29-22(34)14-36-26/h2,5,10,12-13,17-18H,3-4,6-9,11,14-15H2,1H3,(H,29,34)(H,31,32)(H,27,28,30)/t17-,18-/m0/s1. The molecule has 38 heavy (non-hydrogen) atoms. The highest BCUT2D eigenvalue weighted by molar-refractivity contribution is 7.98. The number of thiazole rings is 1. The molecule has 12 heteroatoms. The van der Waals surface area contributed by atoms with Gasteiger partial charge in [-0.2, -0.15) is 0 Å². The fourth-order valence-corrected chi connectivity index (χ4v) is 6.72. The Morgan fingerprint density at radius 2 is 1.95 bits per heavy atom. The zero-order valence-corrected chi connectivity index (χ0v) is 22.9. The lowest BCUT2D eigenvalue weighted by atomic mass is 9.89. The second-order valence-corrected chi connectivity index (χ2v) is 12.1. The summed E-state index contributed by atoms with van der Waals surface area (Å²) in [6.07, 6.45) is 10.2. The fraction of sp³-hybridized carbons (Fsp3) is 0.500. The van der Waals surface area contributed by atoms with Crippen molar-refractivity contribution < 1.29 is 14.3 Å². The molecule has 200 valence electrons. The second kappa shape index (κ2) is 10.7. The number of carbonyl (C=O) groups is 2. The van der Waals surface area contributed by atoms with E-state index in [1.54, 1.807) is 23.1 Å². The number of nitrogens with one attached hydrogen (secondary N) is 3. The van der Waals surface area contributed by atoms with Crippen LogP contribution in [0.2, 0.25) is 0 Å². The summed E-state index contributed by atoms with van der Waals surface area (Å²) in [4.78, 5) is 41.2. The smallest absolute Gasteiger partial charge is 0.253 e. The van der Waals surface area contributed by atoms with E-state index in [0.29, 0.717) is 43.2 Å². The average Bonchev–Trinajstić information content (AvgIpc) is 3.56. The Morgan fingerprint density at radius 3 is 2.66 bits per heavy atom. The van der Waals surface area contributed by atoms with Crippen molar-refractivity contribution in [2.24, 2.45) is 0 Å². The number of hydrogen-bond donors (Lipinski definition) is 3. The lowest BCUT2D eigenvalue weighted by molar-refractivity contribution is -0.149. The van der Waals surface area contributed by atoms with Gasteiger partial charge >= 0.3 is 0 Å². The Hall–Kier alpha value is -2.96. The first-order valence-corrected chi connectivity index (χ1v) is 15.0. The number of amides is 2. The summed E-state index contributed by atoms with van der Waals surface area (Å²) in [5.41, 5.74) is 1.24. The Kier molecular flexibility index (Phi) is 7.10. The quantitative estimate of drug-likeness (QED) is 0.395. The summed E-state index contributed by atoms with van der Waals surface area (Å²) in [6, 6.07) is 6.41. The molecule has 4 heterocycles. The number of fused-ring (bicyclic) bond motifs is 1. The van der Waals surface area contributed by atoms with Crippen LogP contribution in [0.15, 0.2) is 35.5 Å². The third-order valence-electron chi connectivity index (χ3n) is 7.67. The molecule has 6 rings (SSSR count). The van der Waals surface area contributed by atoms with Crippen molar-refractivity contribution in [3.05, 3.63) is 36.2 Å². The molecule has 2 aliphatic heterocycles. The molecule has 2 aromatic heterocycles. The minimum absolute atomic E-state index is 0.0296. The van der Waals surface area contributed by atoms with E-state index in [4.69, 9.17) is 9.72 Å². The van der Waals surface area contributed by atoms with Crippen LogP contribution in [0.3, 0.4) is 0 Å². The van der Waals surface area contributed by atoms with Gasteiger partial charge in [0.2, 0.25) is 11.9 Å². The monoisotopic (exact) mass is 553 g/mol. The molecule has 2 saturated heterocycles. The summed E-state index contributed by atoms with van der Waals surface area (Å²) < 4.78 is 6.84. The molecule has 0 unspecified atom stereocenters. The Labute approximate surface area is 229 Å². The number of benzene rings is 1. The van der Waals surface area contributed by atoms with Crippen LogP contribution < -0.4 is 16.0 Å². The van der Waals surface area contributed by atoms with Gasteiger partial charge in [-0.3, -0.25) is 9.59 Å². The molecule has 1 aromatic carbocycles. The maximum atomic E-state index is 13.2. The molecule has 3 aliphatic rings. The molecule has 2 atom stereocenters. The van der Waals surface area contributed by atoms with E-state index in [0.717, 1.165) is 52.3 Å². The van der Waals surface area contributed by atoms with Crippen LogP contribution in [-0.2, 0) is 9.53 Å². The van der Waals surface area contributed by atoms with Crippen LogP contribution >= 0.6 is 23.1 Å². The molecule has 0 bridgehead atoms. The number of aromatic nitrogens is 3. The van der Waals surface area contributed by atoms with Gasteiger partial charge in [0.05, 0.1) is 15.8 Å². The molecule has 0 radical (unpaired) electrons. The molecule has 1 aliphatic carbocycles. The van der Waals surface area contributed by atoms with Crippen molar-refractivity contribution in [3.63, 3.8) is 0 Å². The normalized spacial score (nSPS) is 23.0. The molecular formula is C26H31N7O3S2. The van der Waals surface area contributed by atoms with Crippen molar-refractivity contribution in [2.75, 3.05) is 43.1 Å². The van der Waals surface area contributed by atoms with E-state index in [-0.39, 0.29) is 24.0 Å². The summed E-state index contributed by atoms with van der Waals surface area (Å²) in [5.74, 6) is 0.631. The van der Waals surface area contributed by atoms with Crippen LogP contribution in [0.1, 0.15) is 42.5 Å². The number of rotatable bonds is 6. The van der Waals surface area contributed by atoms with Crippen LogP contribution in [0, 0.1) is 0 Å². The Morgan fingerprint density at radius 1 is 1.18 bits per heavy atom. The summed E-state index contributed by atoms with van der Waals surface area (Å²) in [6.45, 7) is 1.86. The van der Waals surface area contributed by atoms with Gasteiger partial charge in [-0.15, -0.1) is 11.8 Å². The van der Waals surface area contributed by atoms with Crippen molar-refractivity contribution in [1.29, 1.82) is 0 Å². The van der Waals surface area contributed by atoms with Crippen LogP contribution in [0.5, 0.6) is 0 Å². The molecule has 3 fully saturated rings. The average molecular weight is 554 g/mol. The van der Waals surface area contributed by atoms with E-state index < -0.39 is 0 Å². The molecule has 3 aromatic rings. The van der Waals surface area contributed by atoms with E-state index in [2.05, 4.69) is 25.9 Å². The van der Waals surface area contributed by atoms with Gasteiger partial charge in [-0.05, 0) is 56.6 Å². The van der Waals surface area contributed by atoms with Crippen molar-refractivity contribution in [2.45, 2.75) is 54.7 Å². The lowest BCUT2D eigenvalue weighted by Gasteiger charge is -2.43. The highest BCUT2D eigenvalue weighted by Crippen LogP contribution is 2.32. The van der Waals surface area contributed by atoms with Gasteiger partial charge in [0.25, 0.3) is 5.91 Å². The van der Waals surface area contributed by atoms with Gasteiger partial charge < -0.3 is 25.6 Å². The molecule has 1 spiro atoms. The fourth-order valence-electron chi connectivity index (χ4n) is 5.42. The number of likely N-dealkylation sites (tertiary alicyclic amines) is 1. The number of ether oxygens (including phenoxy) is 1. The SMILES string of the molecule is CSc1cnc(N[C@H]2CC[C@H](Nc3nc4ccc(C(=O)N5CCC6(CC5)CNC(=O)CO6)cc4s3)C2)nc1. The van der Waals surface area contributed by atoms with Crippen LogP contribution in [0.25, 0.3) is 10.2 Å². The van der Waals surface area contributed by atoms with Gasteiger partial charge in [0, 0.05) is 54.6 Å². The minimum atomic E-state index is -0.340. The first-order valence-electron chi connectivity index (χ1n) is 13.0. The molecule has 1 saturated carbocycles. The Bertz CT molecular complexity index is 1310. The van der Waals surface area contributed by atoms with E-state index in [9.17, 15) is 9.59 Å². The number of hydrogen-bond acceptors (Lipinski definition) is 10. The van der Waals surface area contributed by atoms with Gasteiger partial charge in [0.15, 0.2) is 5.13 Å². The topological polar surface area (TPSA) is 121 Å². The molecular weight excluding hydrogens is 522 g/mol. The zero-order chi connectivity index (χ0) is 26.1. The predicted octanol–water partition coefficient (Wildman–Crippen LogP) is 3.37. The summed E-state index contributed by atoms with van der Waals surface area (Å²) in [7, 11) is 0. The first-order chi connectivity index (χ1) is 18.5. The van der Waals surface area contributed by atoms with Gasteiger partial charge in [-0.1, -0.05) is 11.3 Å². The van der Waals surface area contributed by atoms with E-state index >= 15 is 0 Å². The first kappa shape index (κ1) is 25.3. The second-order valence-electron chi connectivity index (χ2n) is 10.2. The zero-order valence-electron chi connectivity index (χ0n) is 21.2. The Balaban J connectivity index is 1.04. The number of morpholine rings is 1. The van der Waals surface area contributed by atoms with Crippen molar-refractivity contribution >= 4 is 56.2 Å². The third kappa shape index (κ3) is 5.43. The van der Waals surface area contributed by atoms with Gasteiger partial charge in [-0.25, -0.2) is 15.0 Å².